The van der Waals surface area contributed by atoms with Gasteiger partial charge in [-0.1, -0.05) is 44.2 Å². The normalized spacial score (nSPS) is 11.1. The van der Waals surface area contributed by atoms with Crippen LogP contribution in [0.2, 0.25) is 0 Å². The van der Waals surface area contributed by atoms with Crippen molar-refractivity contribution in [3.05, 3.63) is 83.5 Å². The Bertz CT molecular complexity index is 1210. The molecule has 0 aliphatic carbocycles. The first-order valence-corrected chi connectivity index (χ1v) is 14.5. The van der Waals surface area contributed by atoms with Gasteiger partial charge >= 0.3 is 18.1 Å². The molecule has 0 saturated heterocycles. The minimum absolute atomic E-state index is 0.0154. The summed E-state index contributed by atoms with van der Waals surface area (Å²) in [5, 5.41) is 17.8. The number of aliphatic hydroxyl groups is 2. The Hall–Kier alpha value is -3.83. The molecule has 8 nitrogen and oxygen atoms in total. The third-order valence-corrected chi connectivity index (χ3v) is 6.57. The summed E-state index contributed by atoms with van der Waals surface area (Å²) in [5.41, 5.74) is 3.16. The number of aliphatic hydroxyl groups excluding tert-OH is 2. The number of ether oxygens (including phenoxy) is 4. The predicted molar refractivity (Wildman–Crippen MR) is 158 cm³/mol. The second-order valence-corrected chi connectivity index (χ2v) is 10.1. The van der Waals surface area contributed by atoms with Gasteiger partial charge in [0.1, 0.15) is 37.9 Å². The molecule has 0 aliphatic heterocycles. The number of hydrogen-bond donors (Lipinski definition) is 2. The largest absolute Gasteiger partial charge is 0.490 e. The van der Waals surface area contributed by atoms with Crippen molar-refractivity contribution in [1.29, 1.82) is 0 Å². The highest BCUT2D eigenvalue weighted by Crippen LogP contribution is 2.25. The molecule has 0 amide bonds. The van der Waals surface area contributed by atoms with Crippen LogP contribution in [0.5, 0.6) is 11.5 Å². The van der Waals surface area contributed by atoms with E-state index in [1.165, 1.54) is 0 Å². The van der Waals surface area contributed by atoms with Crippen molar-refractivity contribution in [3.8, 4) is 11.5 Å². The van der Waals surface area contributed by atoms with Crippen LogP contribution < -0.4 is 9.47 Å². The third kappa shape index (κ3) is 14.6. The Balaban J connectivity index is 1.92. The zero-order valence-corrected chi connectivity index (χ0v) is 24.8. The number of esters is 2. The number of hydrogen-bond acceptors (Lipinski definition) is 8. The standard InChI is InChI=1S/C33H41F3O8/c1-24(22-37)31(39)43-19-17-41-29-13-9-26(10-14-29)8-11-27-12-15-30(42-18-20-44-32(40)25(2)23-38)21-28(27)7-5-3-4-6-16-33(34,35)36/h9-10,12-15,21,37-38H,1-8,11,16-20,22-23H2. The maximum absolute atomic E-state index is 12.4. The van der Waals surface area contributed by atoms with Gasteiger partial charge in [-0.15, -0.1) is 0 Å². The first-order chi connectivity index (χ1) is 21.0. The van der Waals surface area contributed by atoms with E-state index in [-0.39, 0.29) is 44.0 Å². The van der Waals surface area contributed by atoms with Crippen molar-refractivity contribution in [2.75, 3.05) is 39.6 Å². The molecule has 0 atom stereocenters. The second-order valence-electron chi connectivity index (χ2n) is 10.1. The first-order valence-electron chi connectivity index (χ1n) is 14.5. The number of alkyl halides is 3. The Morgan fingerprint density at radius 1 is 0.659 bits per heavy atom. The van der Waals surface area contributed by atoms with Crippen LogP contribution in [-0.2, 0) is 38.3 Å². The Morgan fingerprint density at radius 2 is 1.20 bits per heavy atom. The highest BCUT2D eigenvalue weighted by Gasteiger charge is 2.25. The lowest BCUT2D eigenvalue weighted by Crippen LogP contribution is -2.15. The number of aryl methyl sites for hydroxylation is 3. The fraction of sp³-hybridized carbons (Fsp3) is 0.455. The molecule has 0 aromatic heterocycles. The van der Waals surface area contributed by atoms with E-state index >= 15 is 0 Å². The molecule has 2 N–H and O–H groups in total. The van der Waals surface area contributed by atoms with Gasteiger partial charge in [-0.2, -0.15) is 13.2 Å². The number of halogens is 3. The molecule has 2 aromatic rings. The number of unbranched alkanes of at least 4 members (excludes halogenated alkanes) is 3. The van der Waals surface area contributed by atoms with Crippen molar-refractivity contribution in [1.82, 2.24) is 0 Å². The summed E-state index contributed by atoms with van der Waals surface area (Å²) in [5.74, 6) is -0.155. The minimum Gasteiger partial charge on any atom is -0.490 e. The molecular weight excluding hydrogens is 581 g/mol. The Kier molecular flexibility index (Phi) is 16.1. The number of benzene rings is 2. The molecule has 2 aromatic carbocycles. The average molecular weight is 623 g/mol. The number of carbonyl (C=O) groups excluding carboxylic acids is 2. The van der Waals surface area contributed by atoms with Gasteiger partial charge in [-0.25, -0.2) is 9.59 Å². The van der Waals surface area contributed by atoms with E-state index in [4.69, 9.17) is 29.2 Å². The van der Waals surface area contributed by atoms with Crippen LogP contribution in [0.4, 0.5) is 13.2 Å². The molecule has 0 bridgehead atoms. The van der Waals surface area contributed by atoms with E-state index in [1.54, 1.807) is 0 Å². The first kappa shape index (κ1) is 36.4. The van der Waals surface area contributed by atoms with Crippen LogP contribution in [-0.4, -0.2) is 68.0 Å². The summed E-state index contributed by atoms with van der Waals surface area (Å²) in [6, 6.07) is 13.3. The number of rotatable bonds is 21. The second kappa shape index (κ2) is 19.4. The van der Waals surface area contributed by atoms with Crippen molar-refractivity contribution in [2.45, 2.75) is 57.5 Å². The zero-order chi connectivity index (χ0) is 32.4. The molecule has 0 spiro atoms. The molecule has 0 radical (unpaired) electrons. The zero-order valence-electron chi connectivity index (χ0n) is 24.8. The monoisotopic (exact) mass is 622 g/mol. The quantitative estimate of drug-likeness (QED) is 0.107. The third-order valence-electron chi connectivity index (χ3n) is 6.57. The lowest BCUT2D eigenvalue weighted by Gasteiger charge is -2.14. The van der Waals surface area contributed by atoms with Gasteiger partial charge in [0.15, 0.2) is 0 Å². The Morgan fingerprint density at radius 3 is 1.77 bits per heavy atom. The van der Waals surface area contributed by atoms with Gasteiger partial charge < -0.3 is 29.2 Å². The molecule has 0 unspecified atom stereocenters. The molecule has 0 aliphatic rings. The van der Waals surface area contributed by atoms with Gasteiger partial charge in [0, 0.05) is 6.42 Å². The summed E-state index contributed by atoms with van der Waals surface area (Å²) in [6.07, 6.45) is -0.695. The fourth-order valence-corrected chi connectivity index (χ4v) is 4.12. The van der Waals surface area contributed by atoms with Crippen molar-refractivity contribution in [3.63, 3.8) is 0 Å². The highest BCUT2D eigenvalue weighted by atomic mass is 19.4. The van der Waals surface area contributed by atoms with Gasteiger partial charge in [0.25, 0.3) is 0 Å². The molecule has 0 saturated carbocycles. The molecule has 11 heteroatoms. The van der Waals surface area contributed by atoms with E-state index in [1.807, 2.05) is 42.5 Å². The summed E-state index contributed by atoms with van der Waals surface area (Å²) in [7, 11) is 0. The van der Waals surface area contributed by atoms with Crippen molar-refractivity contribution >= 4 is 11.9 Å². The Labute approximate surface area is 256 Å². The van der Waals surface area contributed by atoms with Crippen molar-refractivity contribution < 1.29 is 51.9 Å². The summed E-state index contributed by atoms with van der Waals surface area (Å²) in [6.45, 7) is 6.13. The van der Waals surface area contributed by atoms with Crippen LogP contribution >= 0.6 is 0 Å². The molecule has 0 heterocycles. The van der Waals surface area contributed by atoms with Crippen LogP contribution in [0.15, 0.2) is 66.8 Å². The molecule has 242 valence electrons. The average Bonchev–Trinajstić information content (AvgIpc) is 3.01. The van der Waals surface area contributed by atoms with E-state index in [9.17, 15) is 22.8 Å². The maximum atomic E-state index is 12.4. The van der Waals surface area contributed by atoms with Crippen molar-refractivity contribution in [2.24, 2.45) is 0 Å². The van der Waals surface area contributed by atoms with Crippen LogP contribution in [0.25, 0.3) is 0 Å². The van der Waals surface area contributed by atoms with Gasteiger partial charge in [-0.05, 0) is 73.1 Å². The van der Waals surface area contributed by atoms with E-state index in [2.05, 4.69) is 13.2 Å². The highest BCUT2D eigenvalue weighted by molar-refractivity contribution is 5.88. The van der Waals surface area contributed by atoms with Crippen LogP contribution in [0.1, 0.15) is 48.8 Å². The lowest BCUT2D eigenvalue weighted by atomic mass is 9.95. The van der Waals surface area contributed by atoms with Gasteiger partial charge in [0.05, 0.1) is 24.4 Å². The molecule has 2 rings (SSSR count). The fourth-order valence-electron chi connectivity index (χ4n) is 4.12. The summed E-state index contributed by atoms with van der Waals surface area (Å²) >= 11 is 0. The van der Waals surface area contributed by atoms with E-state index < -0.39 is 37.7 Å². The number of carbonyl (C=O) groups is 2. The minimum atomic E-state index is -4.13. The molecule has 44 heavy (non-hydrogen) atoms. The summed E-state index contributed by atoms with van der Waals surface area (Å²) in [4.78, 5) is 23.1. The molecular formula is C33H41F3O8. The maximum Gasteiger partial charge on any atom is 0.389 e. The predicted octanol–water partition coefficient (Wildman–Crippen LogP) is 5.47. The van der Waals surface area contributed by atoms with Crippen LogP contribution in [0.3, 0.4) is 0 Å². The smallest absolute Gasteiger partial charge is 0.389 e. The van der Waals surface area contributed by atoms with E-state index in [0.717, 1.165) is 36.0 Å². The summed E-state index contributed by atoms with van der Waals surface area (Å²) < 4.78 is 58.6. The molecule has 0 fully saturated rings. The van der Waals surface area contributed by atoms with Gasteiger partial charge in [-0.3, -0.25) is 0 Å². The van der Waals surface area contributed by atoms with E-state index in [0.29, 0.717) is 30.8 Å². The topological polar surface area (TPSA) is 112 Å². The van der Waals surface area contributed by atoms with Crippen LogP contribution in [0, 0.1) is 0 Å². The SMILES string of the molecule is C=C(CO)C(=O)OCCOc1ccc(CCc2ccc(OCCOC(=O)C(=C)CO)cc2CCCCCCC(F)(F)F)cc1. The van der Waals surface area contributed by atoms with Gasteiger partial charge in [0.2, 0.25) is 0 Å². The lowest BCUT2D eigenvalue weighted by molar-refractivity contribution is -0.141.